The summed E-state index contributed by atoms with van der Waals surface area (Å²) in [7, 11) is 0. The number of nitrogens with zero attached hydrogens (tertiary/aromatic N) is 1. The topological polar surface area (TPSA) is 48.1 Å². The standard InChI is InChI=1S/C16H18Br2N2O/c1-11(19)8-12-9-14(17)16(15(18)10-12)21-7-5-13-4-2-3-6-20-13/h2-4,6,9-11H,5,7-8,19H2,1H3. The van der Waals surface area contributed by atoms with Crippen LogP contribution in [0.1, 0.15) is 18.2 Å². The Morgan fingerprint density at radius 3 is 2.52 bits per heavy atom. The van der Waals surface area contributed by atoms with Crippen LogP contribution in [0.15, 0.2) is 45.5 Å². The van der Waals surface area contributed by atoms with Crippen LogP contribution in [0.2, 0.25) is 0 Å². The summed E-state index contributed by atoms with van der Waals surface area (Å²) in [6, 6.07) is 10.2. The molecule has 1 aromatic heterocycles. The molecule has 2 N–H and O–H groups in total. The monoisotopic (exact) mass is 412 g/mol. The van der Waals surface area contributed by atoms with Crippen molar-refractivity contribution in [3.63, 3.8) is 0 Å². The molecule has 3 nitrogen and oxygen atoms in total. The van der Waals surface area contributed by atoms with Crippen molar-refractivity contribution < 1.29 is 4.74 Å². The van der Waals surface area contributed by atoms with Gasteiger partial charge in [-0.3, -0.25) is 4.98 Å². The molecule has 0 saturated carbocycles. The third kappa shape index (κ3) is 5.09. The van der Waals surface area contributed by atoms with Crippen LogP contribution in [0.25, 0.3) is 0 Å². The van der Waals surface area contributed by atoms with Gasteiger partial charge in [-0.25, -0.2) is 0 Å². The van der Waals surface area contributed by atoms with Crippen molar-refractivity contribution in [2.75, 3.05) is 6.61 Å². The van der Waals surface area contributed by atoms with Gasteiger partial charge in [0.2, 0.25) is 0 Å². The predicted octanol–water partition coefficient (Wildman–Crippen LogP) is 4.12. The number of benzene rings is 1. The fourth-order valence-electron chi connectivity index (χ4n) is 2.04. The van der Waals surface area contributed by atoms with Crippen LogP contribution >= 0.6 is 31.9 Å². The van der Waals surface area contributed by atoms with E-state index in [9.17, 15) is 0 Å². The molecule has 21 heavy (non-hydrogen) atoms. The Morgan fingerprint density at radius 2 is 1.95 bits per heavy atom. The van der Waals surface area contributed by atoms with E-state index >= 15 is 0 Å². The molecular weight excluding hydrogens is 396 g/mol. The maximum absolute atomic E-state index is 5.87. The molecule has 0 aliphatic heterocycles. The normalized spacial score (nSPS) is 12.2. The van der Waals surface area contributed by atoms with Crippen LogP contribution < -0.4 is 10.5 Å². The Morgan fingerprint density at radius 1 is 1.24 bits per heavy atom. The second-order valence-corrected chi connectivity index (χ2v) is 6.70. The summed E-state index contributed by atoms with van der Waals surface area (Å²) in [5.41, 5.74) is 8.05. The van der Waals surface area contributed by atoms with Gasteiger partial charge in [0.15, 0.2) is 0 Å². The van der Waals surface area contributed by atoms with Gasteiger partial charge in [0, 0.05) is 24.4 Å². The number of aromatic nitrogens is 1. The minimum atomic E-state index is 0.139. The fourth-order valence-corrected chi connectivity index (χ4v) is 3.55. The number of pyridine rings is 1. The van der Waals surface area contributed by atoms with Crippen LogP contribution in [-0.2, 0) is 12.8 Å². The molecule has 0 amide bonds. The predicted molar refractivity (Wildman–Crippen MR) is 92.6 cm³/mol. The molecule has 0 radical (unpaired) electrons. The first kappa shape index (κ1) is 16.5. The largest absolute Gasteiger partial charge is 0.491 e. The van der Waals surface area contributed by atoms with E-state index in [1.54, 1.807) is 6.20 Å². The number of halogens is 2. The van der Waals surface area contributed by atoms with E-state index in [0.29, 0.717) is 6.61 Å². The summed E-state index contributed by atoms with van der Waals surface area (Å²) in [5.74, 6) is 0.819. The highest BCUT2D eigenvalue weighted by Crippen LogP contribution is 2.35. The summed E-state index contributed by atoms with van der Waals surface area (Å²) in [6.07, 6.45) is 3.41. The average molecular weight is 414 g/mol. The number of nitrogens with two attached hydrogens (primary N) is 1. The molecule has 0 fully saturated rings. The molecule has 0 saturated heterocycles. The zero-order chi connectivity index (χ0) is 15.2. The van der Waals surface area contributed by atoms with Crippen LogP contribution in [0.5, 0.6) is 5.75 Å². The van der Waals surface area contributed by atoms with Gasteiger partial charge in [-0.15, -0.1) is 0 Å². The maximum atomic E-state index is 5.87. The van der Waals surface area contributed by atoms with Crippen molar-refractivity contribution >= 4 is 31.9 Å². The van der Waals surface area contributed by atoms with Crippen molar-refractivity contribution in [1.29, 1.82) is 0 Å². The van der Waals surface area contributed by atoms with Gasteiger partial charge in [-0.2, -0.15) is 0 Å². The van der Waals surface area contributed by atoms with Gasteiger partial charge in [-0.1, -0.05) is 6.07 Å². The lowest BCUT2D eigenvalue weighted by molar-refractivity contribution is 0.316. The Hall–Kier alpha value is -0.910. The van der Waals surface area contributed by atoms with E-state index in [4.69, 9.17) is 10.5 Å². The highest BCUT2D eigenvalue weighted by molar-refractivity contribution is 9.11. The van der Waals surface area contributed by atoms with Crippen molar-refractivity contribution in [3.8, 4) is 5.75 Å². The molecule has 112 valence electrons. The minimum absolute atomic E-state index is 0.139. The SMILES string of the molecule is CC(N)Cc1cc(Br)c(OCCc2ccccn2)c(Br)c1. The van der Waals surface area contributed by atoms with Crippen LogP contribution in [0, 0.1) is 0 Å². The second kappa shape index (κ2) is 7.92. The highest BCUT2D eigenvalue weighted by atomic mass is 79.9. The Balaban J connectivity index is 2.00. The Bertz CT molecular complexity index is 565. The van der Waals surface area contributed by atoms with Crippen LogP contribution in [0.3, 0.4) is 0 Å². The van der Waals surface area contributed by atoms with Crippen molar-refractivity contribution in [3.05, 3.63) is 56.7 Å². The van der Waals surface area contributed by atoms with Gasteiger partial charge in [0.05, 0.1) is 15.6 Å². The van der Waals surface area contributed by atoms with Gasteiger partial charge in [0.1, 0.15) is 5.75 Å². The van der Waals surface area contributed by atoms with Crippen molar-refractivity contribution in [2.45, 2.75) is 25.8 Å². The Kier molecular flexibility index (Phi) is 6.21. The minimum Gasteiger partial charge on any atom is -0.491 e. The van der Waals surface area contributed by atoms with E-state index in [2.05, 4.69) is 49.0 Å². The summed E-state index contributed by atoms with van der Waals surface area (Å²) in [4.78, 5) is 4.28. The maximum Gasteiger partial charge on any atom is 0.147 e. The van der Waals surface area contributed by atoms with Crippen molar-refractivity contribution in [2.24, 2.45) is 5.73 Å². The quantitative estimate of drug-likeness (QED) is 0.774. The van der Waals surface area contributed by atoms with E-state index < -0.39 is 0 Å². The summed E-state index contributed by atoms with van der Waals surface area (Å²) in [5, 5.41) is 0. The molecule has 1 aromatic carbocycles. The molecule has 0 spiro atoms. The summed E-state index contributed by atoms with van der Waals surface area (Å²) < 4.78 is 7.74. The van der Waals surface area contributed by atoms with Gasteiger partial charge in [-0.05, 0) is 75.0 Å². The van der Waals surface area contributed by atoms with Gasteiger partial charge in [0.25, 0.3) is 0 Å². The first-order valence-corrected chi connectivity index (χ1v) is 8.41. The van der Waals surface area contributed by atoms with Gasteiger partial charge >= 0.3 is 0 Å². The third-order valence-corrected chi connectivity index (χ3v) is 4.12. The van der Waals surface area contributed by atoms with Crippen molar-refractivity contribution in [1.82, 2.24) is 4.98 Å². The van der Waals surface area contributed by atoms with Crippen LogP contribution in [0.4, 0.5) is 0 Å². The summed E-state index contributed by atoms with van der Waals surface area (Å²) in [6.45, 7) is 2.58. The van der Waals surface area contributed by atoms with Gasteiger partial charge < -0.3 is 10.5 Å². The number of rotatable bonds is 6. The van der Waals surface area contributed by atoms with Crippen LogP contribution in [-0.4, -0.2) is 17.6 Å². The Labute approximate surface area is 142 Å². The molecule has 2 aromatic rings. The second-order valence-electron chi connectivity index (χ2n) is 4.99. The highest BCUT2D eigenvalue weighted by Gasteiger charge is 2.10. The molecular formula is C16H18Br2N2O. The average Bonchev–Trinajstić information content (AvgIpc) is 2.42. The zero-order valence-electron chi connectivity index (χ0n) is 11.9. The third-order valence-electron chi connectivity index (χ3n) is 2.95. The van der Waals surface area contributed by atoms with E-state index in [1.165, 1.54) is 5.56 Å². The number of ether oxygens (including phenoxy) is 1. The smallest absolute Gasteiger partial charge is 0.147 e. The van der Waals surface area contributed by atoms with E-state index in [1.807, 2.05) is 25.1 Å². The molecule has 0 aliphatic rings. The van der Waals surface area contributed by atoms with E-state index in [-0.39, 0.29) is 6.04 Å². The number of hydrogen-bond donors (Lipinski definition) is 1. The molecule has 5 heteroatoms. The zero-order valence-corrected chi connectivity index (χ0v) is 15.0. The van der Waals surface area contributed by atoms with E-state index in [0.717, 1.165) is 33.2 Å². The summed E-state index contributed by atoms with van der Waals surface area (Å²) >= 11 is 7.13. The first-order chi connectivity index (χ1) is 10.1. The fraction of sp³-hybridized carbons (Fsp3) is 0.312. The lowest BCUT2D eigenvalue weighted by Gasteiger charge is -2.13. The lowest BCUT2D eigenvalue weighted by atomic mass is 10.1. The molecule has 0 bridgehead atoms. The molecule has 1 unspecified atom stereocenters. The molecule has 1 heterocycles. The molecule has 0 aliphatic carbocycles. The number of hydrogen-bond acceptors (Lipinski definition) is 3. The molecule has 2 rings (SSSR count). The first-order valence-electron chi connectivity index (χ1n) is 6.82. The lowest BCUT2D eigenvalue weighted by Crippen LogP contribution is -2.17. The molecule has 1 atom stereocenters.